The summed E-state index contributed by atoms with van der Waals surface area (Å²) >= 11 is 0. The normalized spacial score (nSPS) is 36.9. The van der Waals surface area contributed by atoms with Gasteiger partial charge >= 0.3 is 7.60 Å². The molecule has 1 aliphatic heterocycles. The van der Waals surface area contributed by atoms with Gasteiger partial charge < -0.3 is 9.05 Å². The van der Waals surface area contributed by atoms with Crippen molar-refractivity contribution in [3.8, 4) is 0 Å². The summed E-state index contributed by atoms with van der Waals surface area (Å²) in [7, 11) is -3.49. The van der Waals surface area contributed by atoms with Crippen LogP contribution in [0.25, 0.3) is 0 Å². The van der Waals surface area contributed by atoms with E-state index in [4.69, 9.17) is 9.05 Å². The van der Waals surface area contributed by atoms with Crippen molar-refractivity contribution in [2.75, 3.05) is 13.2 Å². The fourth-order valence-electron chi connectivity index (χ4n) is 1.21. The molecule has 1 heterocycles. The van der Waals surface area contributed by atoms with E-state index in [0.29, 0.717) is 13.2 Å². The Hall–Kier alpha value is -0.180. The zero-order chi connectivity index (χ0) is 11.7. The molecule has 0 bridgehead atoms. The van der Waals surface area contributed by atoms with Gasteiger partial charge in [0.05, 0.1) is 13.2 Å². The Balaban J connectivity index is 2.71. The minimum absolute atomic E-state index is 0.120. The predicted octanol–water partition coefficient (Wildman–Crippen LogP) is 2.83. The molecule has 0 amide bonds. The molecule has 0 N–H and O–H groups in total. The second kappa shape index (κ2) is 4.36. The predicted molar refractivity (Wildman–Crippen MR) is 57.8 cm³/mol. The SMILES string of the molecule is CCC1(C)COP(=O)(C(=O)C(C)C)OC1. The topological polar surface area (TPSA) is 52.6 Å². The minimum Gasteiger partial charge on any atom is -0.303 e. The highest BCUT2D eigenvalue weighted by Gasteiger charge is 2.44. The van der Waals surface area contributed by atoms with Crippen molar-refractivity contribution in [2.45, 2.75) is 34.1 Å². The van der Waals surface area contributed by atoms with Crippen molar-refractivity contribution in [3.63, 3.8) is 0 Å². The van der Waals surface area contributed by atoms with Crippen LogP contribution in [-0.4, -0.2) is 18.7 Å². The molecule has 0 unspecified atom stereocenters. The molecule has 1 rings (SSSR count). The average molecular weight is 234 g/mol. The zero-order valence-electron chi connectivity index (χ0n) is 9.78. The van der Waals surface area contributed by atoms with Crippen molar-refractivity contribution in [2.24, 2.45) is 11.3 Å². The summed E-state index contributed by atoms with van der Waals surface area (Å²) in [5, 5.41) is 0. The van der Waals surface area contributed by atoms with E-state index in [9.17, 15) is 9.36 Å². The molecule has 0 aliphatic carbocycles. The molecule has 0 radical (unpaired) electrons. The molecular formula is C10H19O4P. The highest BCUT2D eigenvalue weighted by Crippen LogP contribution is 2.56. The third kappa shape index (κ3) is 2.68. The van der Waals surface area contributed by atoms with Crippen molar-refractivity contribution in [1.29, 1.82) is 0 Å². The smallest absolute Gasteiger partial charge is 0.303 e. The summed E-state index contributed by atoms with van der Waals surface area (Å²) in [6, 6.07) is 0. The molecule has 5 heteroatoms. The van der Waals surface area contributed by atoms with E-state index in [1.54, 1.807) is 13.8 Å². The zero-order valence-corrected chi connectivity index (χ0v) is 10.7. The molecule has 1 aliphatic rings. The number of hydrogen-bond acceptors (Lipinski definition) is 4. The van der Waals surface area contributed by atoms with E-state index >= 15 is 0 Å². The third-order valence-corrected chi connectivity index (χ3v) is 4.78. The van der Waals surface area contributed by atoms with E-state index in [0.717, 1.165) is 6.42 Å². The first-order valence-corrected chi connectivity index (χ1v) is 6.81. The maximum Gasteiger partial charge on any atom is 0.397 e. The molecule has 0 atom stereocenters. The molecule has 0 saturated carbocycles. The lowest BCUT2D eigenvalue weighted by Gasteiger charge is -2.35. The number of hydrogen-bond donors (Lipinski definition) is 0. The molecule has 1 saturated heterocycles. The van der Waals surface area contributed by atoms with Crippen LogP contribution in [0.15, 0.2) is 0 Å². The number of carbonyl (C=O) groups excluding carboxylic acids is 1. The first kappa shape index (κ1) is 12.9. The molecular weight excluding hydrogens is 215 g/mol. The molecule has 1 fully saturated rings. The lowest BCUT2D eigenvalue weighted by Crippen LogP contribution is -2.33. The second-order valence-electron chi connectivity index (χ2n) is 4.70. The van der Waals surface area contributed by atoms with Gasteiger partial charge in [-0.2, -0.15) is 0 Å². The van der Waals surface area contributed by atoms with Crippen LogP contribution in [-0.2, 0) is 18.4 Å². The van der Waals surface area contributed by atoms with Crippen LogP contribution in [0.1, 0.15) is 34.1 Å². The van der Waals surface area contributed by atoms with Gasteiger partial charge in [0.15, 0.2) is 0 Å². The van der Waals surface area contributed by atoms with Gasteiger partial charge in [-0.15, -0.1) is 0 Å². The summed E-state index contributed by atoms with van der Waals surface area (Å²) in [4.78, 5) is 11.6. The Kier molecular flexibility index (Phi) is 3.75. The summed E-state index contributed by atoms with van der Waals surface area (Å²) in [6.07, 6.45) is 0.878. The van der Waals surface area contributed by atoms with Gasteiger partial charge in [0.2, 0.25) is 5.52 Å². The third-order valence-electron chi connectivity index (χ3n) is 2.78. The van der Waals surface area contributed by atoms with E-state index < -0.39 is 13.1 Å². The molecule has 15 heavy (non-hydrogen) atoms. The van der Waals surface area contributed by atoms with Crippen molar-refractivity contribution < 1.29 is 18.4 Å². The fraction of sp³-hybridized carbons (Fsp3) is 0.900. The summed E-state index contributed by atoms with van der Waals surface area (Å²) in [5.41, 5.74) is -0.536. The Morgan fingerprint density at radius 1 is 1.40 bits per heavy atom. The van der Waals surface area contributed by atoms with Crippen molar-refractivity contribution in [1.82, 2.24) is 0 Å². The average Bonchev–Trinajstić information content (AvgIpc) is 2.22. The van der Waals surface area contributed by atoms with Gasteiger partial charge in [-0.25, -0.2) is 0 Å². The second-order valence-corrected chi connectivity index (χ2v) is 6.65. The largest absolute Gasteiger partial charge is 0.397 e. The van der Waals surface area contributed by atoms with Gasteiger partial charge in [-0.05, 0) is 6.42 Å². The Morgan fingerprint density at radius 3 is 2.20 bits per heavy atom. The number of rotatable bonds is 3. The van der Waals surface area contributed by atoms with Crippen LogP contribution in [0, 0.1) is 11.3 Å². The molecule has 0 aromatic heterocycles. The standard InChI is InChI=1S/C10H19O4P/c1-5-10(4)6-13-15(12,14-7-10)9(11)8(2)3/h8H,5-7H2,1-4H3. The Labute approximate surface area is 90.9 Å². The monoisotopic (exact) mass is 234 g/mol. The minimum atomic E-state index is -3.49. The molecule has 4 nitrogen and oxygen atoms in total. The maximum absolute atomic E-state index is 12.0. The van der Waals surface area contributed by atoms with Crippen molar-refractivity contribution >= 4 is 13.1 Å². The van der Waals surface area contributed by atoms with E-state index in [2.05, 4.69) is 0 Å². The van der Waals surface area contributed by atoms with Crippen LogP contribution >= 0.6 is 7.60 Å². The van der Waals surface area contributed by atoms with Crippen LogP contribution in [0.3, 0.4) is 0 Å². The maximum atomic E-state index is 12.0. The van der Waals surface area contributed by atoms with Crippen LogP contribution in [0.2, 0.25) is 0 Å². The first-order chi connectivity index (χ1) is 6.83. The lowest BCUT2D eigenvalue weighted by molar-refractivity contribution is -0.118. The van der Waals surface area contributed by atoms with Crippen LogP contribution in [0.4, 0.5) is 0 Å². The highest BCUT2D eigenvalue weighted by atomic mass is 31.2. The Bertz CT molecular complexity index is 286. The van der Waals surface area contributed by atoms with Gasteiger partial charge in [-0.3, -0.25) is 9.36 Å². The quantitative estimate of drug-likeness (QED) is 0.704. The van der Waals surface area contributed by atoms with Gasteiger partial charge in [0.25, 0.3) is 0 Å². The highest BCUT2D eigenvalue weighted by molar-refractivity contribution is 7.71. The summed E-state index contributed by atoms with van der Waals surface area (Å²) in [5.74, 6) is -0.318. The summed E-state index contributed by atoms with van der Waals surface area (Å²) < 4.78 is 22.3. The van der Waals surface area contributed by atoms with Gasteiger partial charge in [0, 0.05) is 11.3 Å². The molecule has 0 aromatic carbocycles. The van der Waals surface area contributed by atoms with Gasteiger partial charge in [0.1, 0.15) is 0 Å². The number of carbonyl (C=O) groups is 1. The lowest BCUT2D eigenvalue weighted by atomic mass is 9.90. The van der Waals surface area contributed by atoms with Gasteiger partial charge in [-0.1, -0.05) is 27.7 Å². The van der Waals surface area contributed by atoms with Crippen LogP contribution in [0.5, 0.6) is 0 Å². The van der Waals surface area contributed by atoms with E-state index in [-0.39, 0.29) is 11.3 Å². The van der Waals surface area contributed by atoms with E-state index in [1.165, 1.54) is 0 Å². The van der Waals surface area contributed by atoms with E-state index in [1.807, 2.05) is 13.8 Å². The molecule has 88 valence electrons. The summed E-state index contributed by atoms with van der Waals surface area (Å²) in [6.45, 7) is 8.08. The van der Waals surface area contributed by atoms with Crippen LogP contribution < -0.4 is 0 Å². The fourth-order valence-corrected chi connectivity index (χ4v) is 3.13. The molecule has 0 spiro atoms. The van der Waals surface area contributed by atoms with Crippen molar-refractivity contribution in [3.05, 3.63) is 0 Å². The Morgan fingerprint density at radius 2 is 1.87 bits per heavy atom. The molecule has 0 aromatic rings. The first-order valence-electron chi connectivity index (χ1n) is 5.26.